The SMILES string of the molecule is CCOC(=O)C1=C(c2ccccc2)N=c2s/c(=C\c3ccc(OCc4ccccc4C#N)c(Br)c3)c(=O)n2[C@@H]1c1ccc(OC)cc1. The number of benzene rings is 4. The van der Waals surface area contributed by atoms with Crippen LogP contribution < -0.4 is 24.4 Å². The van der Waals surface area contributed by atoms with Gasteiger partial charge in [-0.05, 0) is 70.4 Å². The third kappa shape index (κ3) is 6.54. The molecule has 6 rings (SSSR count). The average molecular weight is 707 g/mol. The smallest absolute Gasteiger partial charge is 0.338 e. The minimum Gasteiger partial charge on any atom is -0.497 e. The Morgan fingerprint density at radius 3 is 2.49 bits per heavy atom. The molecule has 0 bridgehead atoms. The van der Waals surface area contributed by atoms with E-state index in [2.05, 4.69) is 22.0 Å². The van der Waals surface area contributed by atoms with E-state index < -0.39 is 12.0 Å². The molecule has 1 aliphatic heterocycles. The molecule has 2 heterocycles. The molecule has 0 aliphatic carbocycles. The highest BCUT2D eigenvalue weighted by Gasteiger charge is 2.35. The summed E-state index contributed by atoms with van der Waals surface area (Å²) in [5, 5.41) is 9.39. The first kappa shape index (κ1) is 31.7. The van der Waals surface area contributed by atoms with Crippen LogP contribution in [-0.4, -0.2) is 24.3 Å². The first-order valence-corrected chi connectivity index (χ1v) is 16.4. The lowest BCUT2D eigenvalue weighted by molar-refractivity contribution is -0.138. The molecule has 1 aromatic heterocycles. The van der Waals surface area contributed by atoms with E-state index in [1.54, 1.807) is 42.9 Å². The fourth-order valence-corrected chi connectivity index (χ4v) is 6.84. The van der Waals surface area contributed by atoms with Crippen LogP contribution in [0.2, 0.25) is 0 Å². The van der Waals surface area contributed by atoms with Crippen molar-refractivity contribution in [2.75, 3.05) is 13.7 Å². The molecule has 0 spiro atoms. The van der Waals surface area contributed by atoms with Crippen molar-refractivity contribution in [2.24, 2.45) is 4.99 Å². The van der Waals surface area contributed by atoms with E-state index in [1.165, 1.54) is 11.3 Å². The van der Waals surface area contributed by atoms with Gasteiger partial charge in [0.25, 0.3) is 5.56 Å². The van der Waals surface area contributed by atoms with Gasteiger partial charge in [-0.15, -0.1) is 0 Å². The Hall–Kier alpha value is -5.24. The first-order chi connectivity index (χ1) is 22.9. The number of fused-ring (bicyclic) bond motifs is 1. The van der Waals surface area contributed by atoms with Gasteiger partial charge in [0.05, 0.1) is 51.7 Å². The van der Waals surface area contributed by atoms with Gasteiger partial charge in [0.15, 0.2) is 4.80 Å². The van der Waals surface area contributed by atoms with Crippen molar-refractivity contribution in [1.82, 2.24) is 4.57 Å². The zero-order valence-corrected chi connectivity index (χ0v) is 27.9. The predicted octanol–water partition coefficient (Wildman–Crippen LogP) is 6.16. The second-order valence-corrected chi connectivity index (χ2v) is 12.3. The molecule has 8 nitrogen and oxygen atoms in total. The highest BCUT2D eigenvalue weighted by atomic mass is 79.9. The van der Waals surface area contributed by atoms with E-state index in [0.29, 0.717) is 42.1 Å². The van der Waals surface area contributed by atoms with Crippen LogP contribution in [-0.2, 0) is 16.1 Å². The Kier molecular flexibility index (Phi) is 9.47. The van der Waals surface area contributed by atoms with Crippen LogP contribution in [0.4, 0.5) is 0 Å². The molecule has 234 valence electrons. The molecule has 0 fully saturated rings. The quantitative estimate of drug-likeness (QED) is 0.170. The molecule has 5 aromatic rings. The summed E-state index contributed by atoms with van der Waals surface area (Å²) in [6, 6.07) is 31.0. The highest BCUT2D eigenvalue weighted by molar-refractivity contribution is 9.10. The van der Waals surface area contributed by atoms with Crippen LogP contribution in [0.25, 0.3) is 11.8 Å². The first-order valence-electron chi connectivity index (χ1n) is 14.7. The van der Waals surface area contributed by atoms with Gasteiger partial charge in [0, 0.05) is 11.1 Å². The summed E-state index contributed by atoms with van der Waals surface area (Å²) < 4.78 is 19.6. The molecule has 0 saturated carbocycles. The molecule has 4 aromatic carbocycles. The third-order valence-electron chi connectivity index (χ3n) is 7.58. The normalized spacial score (nSPS) is 14.2. The van der Waals surface area contributed by atoms with Crippen LogP contribution in [0, 0.1) is 11.3 Å². The molecular formula is C37H28BrN3O5S. The molecule has 10 heteroatoms. The lowest BCUT2D eigenvalue weighted by Gasteiger charge is -2.26. The van der Waals surface area contributed by atoms with E-state index in [9.17, 15) is 14.9 Å². The molecule has 0 amide bonds. The number of methoxy groups -OCH3 is 1. The summed E-state index contributed by atoms with van der Waals surface area (Å²) in [4.78, 5) is 33.2. The van der Waals surface area contributed by atoms with Gasteiger partial charge >= 0.3 is 5.97 Å². The average Bonchev–Trinajstić information content (AvgIpc) is 3.41. The summed E-state index contributed by atoms with van der Waals surface area (Å²) in [5.74, 6) is 0.711. The zero-order chi connectivity index (χ0) is 32.9. The van der Waals surface area contributed by atoms with Crippen molar-refractivity contribution in [3.8, 4) is 17.6 Å². The number of nitrogens with zero attached hydrogens (tertiary/aromatic N) is 3. The molecule has 1 atom stereocenters. The summed E-state index contributed by atoms with van der Waals surface area (Å²) >= 11 is 4.84. The second-order valence-electron chi connectivity index (χ2n) is 10.5. The summed E-state index contributed by atoms with van der Waals surface area (Å²) in [6.45, 7) is 2.15. The van der Waals surface area contributed by atoms with Crippen molar-refractivity contribution >= 4 is 45.0 Å². The maximum atomic E-state index is 14.2. The molecule has 0 radical (unpaired) electrons. The van der Waals surface area contributed by atoms with Crippen LogP contribution in [0.15, 0.2) is 117 Å². The molecule has 0 saturated heterocycles. The number of carbonyl (C=O) groups is 1. The van der Waals surface area contributed by atoms with E-state index in [4.69, 9.17) is 19.2 Å². The number of hydrogen-bond acceptors (Lipinski definition) is 8. The van der Waals surface area contributed by atoms with Crippen molar-refractivity contribution < 1.29 is 19.0 Å². The van der Waals surface area contributed by atoms with E-state index in [-0.39, 0.29) is 24.3 Å². The monoisotopic (exact) mass is 705 g/mol. The second kappa shape index (κ2) is 14.0. The van der Waals surface area contributed by atoms with Crippen LogP contribution >= 0.6 is 27.3 Å². The lowest BCUT2D eigenvalue weighted by atomic mass is 9.93. The number of nitriles is 1. The van der Waals surface area contributed by atoms with E-state index in [1.807, 2.05) is 78.9 Å². The van der Waals surface area contributed by atoms with E-state index in [0.717, 1.165) is 16.7 Å². The van der Waals surface area contributed by atoms with Crippen LogP contribution in [0.3, 0.4) is 0 Å². The minimum absolute atomic E-state index is 0.170. The van der Waals surface area contributed by atoms with Crippen molar-refractivity contribution in [3.63, 3.8) is 0 Å². The Labute approximate surface area is 283 Å². The van der Waals surface area contributed by atoms with Crippen LogP contribution in [0.1, 0.15) is 40.8 Å². The van der Waals surface area contributed by atoms with Gasteiger partial charge in [0.2, 0.25) is 0 Å². The summed E-state index contributed by atoms with van der Waals surface area (Å²) in [6.07, 6.45) is 1.80. The Balaban J connectivity index is 1.45. The van der Waals surface area contributed by atoms with Crippen molar-refractivity contribution in [1.29, 1.82) is 5.26 Å². The lowest BCUT2D eigenvalue weighted by Crippen LogP contribution is -2.40. The fraction of sp³-hybridized carbons (Fsp3) is 0.135. The van der Waals surface area contributed by atoms with Gasteiger partial charge in [-0.1, -0.05) is 78.1 Å². The van der Waals surface area contributed by atoms with Gasteiger partial charge in [-0.3, -0.25) is 9.36 Å². The molecule has 0 unspecified atom stereocenters. The maximum Gasteiger partial charge on any atom is 0.338 e. The fourth-order valence-electron chi connectivity index (χ4n) is 5.33. The Morgan fingerprint density at radius 2 is 1.79 bits per heavy atom. The Morgan fingerprint density at radius 1 is 1.04 bits per heavy atom. The molecule has 47 heavy (non-hydrogen) atoms. The number of rotatable bonds is 9. The Bertz CT molecular complexity index is 2220. The topological polar surface area (TPSA) is 103 Å². The highest BCUT2D eigenvalue weighted by Crippen LogP contribution is 2.36. The van der Waals surface area contributed by atoms with Crippen LogP contribution in [0.5, 0.6) is 11.5 Å². The number of hydrogen-bond donors (Lipinski definition) is 0. The van der Waals surface area contributed by atoms with Gasteiger partial charge in [-0.2, -0.15) is 5.26 Å². The molecule has 0 N–H and O–H groups in total. The third-order valence-corrected chi connectivity index (χ3v) is 9.18. The maximum absolute atomic E-state index is 14.2. The minimum atomic E-state index is -0.785. The number of ether oxygens (including phenoxy) is 3. The summed E-state index contributed by atoms with van der Waals surface area (Å²) in [5.41, 5.74) is 4.02. The van der Waals surface area contributed by atoms with Gasteiger partial charge < -0.3 is 14.2 Å². The molecular weight excluding hydrogens is 678 g/mol. The van der Waals surface area contributed by atoms with Gasteiger partial charge in [0.1, 0.15) is 18.1 Å². The van der Waals surface area contributed by atoms with E-state index >= 15 is 0 Å². The summed E-state index contributed by atoms with van der Waals surface area (Å²) in [7, 11) is 1.58. The van der Waals surface area contributed by atoms with Crippen molar-refractivity contribution in [3.05, 3.63) is 155 Å². The predicted molar refractivity (Wildman–Crippen MR) is 184 cm³/mol. The molecule has 1 aliphatic rings. The largest absolute Gasteiger partial charge is 0.497 e. The van der Waals surface area contributed by atoms with Crippen molar-refractivity contribution in [2.45, 2.75) is 19.6 Å². The van der Waals surface area contributed by atoms with Gasteiger partial charge in [-0.25, -0.2) is 9.79 Å². The number of esters is 1. The number of carbonyl (C=O) groups excluding carboxylic acids is 1. The number of thiazole rings is 1. The number of halogens is 1. The number of aromatic nitrogens is 1. The standard InChI is InChI=1S/C37H28BrN3O5S/c1-3-45-36(43)32-33(24-9-5-4-6-10-24)40-37-41(34(32)25-14-16-28(44-2)17-15-25)35(42)31(47-37)20-23-13-18-30(29(38)19-23)46-22-27-12-8-7-11-26(27)21-39/h4-20,34H,3,22H2,1-2H3/b31-20-/t34-/m1/s1. The zero-order valence-electron chi connectivity index (χ0n) is 25.5.